The van der Waals surface area contributed by atoms with Gasteiger partial charge in [-0.15, -0.1) is 0 Å². The van der Waals surface area contributed by atoms with E-state index in [0.717, 1.165) is 56.9 Å². The van der Waals surface area contributed by atoms with E-state index in [9.17, 15) is 29.4 Å². The third-order valence-corrected chi connectivity index (χ3v) is 18.8. The molecule has 0 saturated heterocycles. The van der Waals surface area contributed by atoms with E-state index in [4.69, 9.17) is 9.26 Å². The third kappa shape index (κ3) is 6.58. The fourth-order valence-corrected chi connectivity index (χ4v) is 15.2. The van der Waals surface area contributed by atoms with E-state index in [1.54, 1.807) is 13.8 Å². The van der Waals surface area contributed by atoms with Crippen molar-refractivity contribution in [3.8, 4) is 0 Å². The first-order valence-corrected chi connectivity index (χ1v) is 23.0. The van der Waals surface area contributed by atoms with Crippen LogP contribution in [0.3, 0.4) is 0 Å². The summed E-state index contributed by atoms with van der Waals surface area (Å²) in [7, 11) is 0. The van der Waals surface area contributed by atoms with Gasteiger partial charge in [-0.05, 0) is 136 Å². The van der Waals surface area contributed by atoms with Crippen LogP contribution in [0, 0.1) is 81.8 Å². The summed E-state index contributed by atoms with van der Waals surface area (Å²) in [4.78, 5) is 52.9. The highest BCUT2D eigenvalue weighted by Gasteiger charge is 2.71. The molecule has 0 spiro atoms. The Kier molecular flexibility index (Phi) is 11.1. The fraction of sp³-hybridized carbons (Fsp3) is 0.816. The summed E-state index contributed by atoms with van der Waals surface area (Å²) in [6.45, 7) is 28.4. The summed E-state index contributed by atoms with van der Waals surface area (Å²) in [6.07, 6.45) is 7.36. The van der Waals surface area contributed by atoms with E-state index in [2.05, 4.69) is 64.3 Å². The predicted octanol–water partition coefficient (Wildman–Crippen LogP) is 8.39. The molecule has 334 valence electrons. The lowest BCUT2D eigenvalue weighted by Gasteiger charge is -2.72. The number of carboxylic acid groups (broad SMARTS) is 1. The van der Waals surface area contributed by atoms with E-state index in [0.29, 0.717) is 54.8 Å². The summed E-state index contributed by atoms with van der Waals surface area (Å²) < 4.78 is 11.6. The quantitative estimate of drug-likeness (QED) is 0.159. The number of rotatable bonds is 11. The molecule has 11 nitrogen and oxygen atoms in total. The van der Waals surface area contributed by atoms with Crippen LogP contribution in [0.4, 0.5) is 0 Å². The molecular weight excluding hydrogens is 759 g/mol. The number of hydrogen-bond acceptors (Lipinski definition) is 9. The molecule has 1 amide bonds. The molecule has 5 saturated carbocycles. The Hall–Kier alpha value is -3.05. The van der Waals surface area contributed by atoms with Gasteiger partial charge in [-0.25, -0.2) is 0 Å². The molecule has 0 bridgehead atoms. The predicted molar refractivity (Wildman–Crippen MR) is 229 cm³/mol. The molecule has 7 rings (SSSR count). The second-order valence-electron chi connectivity index (χ2n) is 23.3. The van der Waals surface area contributed by atoms with Gasteiger partial charge in [0.25, 0.3) is 5.91 Å². The molecule has 5 fully saturated rings. The van der Waals surface area contributed by atoms with Gasteiger partial charge in [-0.1, -0.05) is 73.0 Å². The van der Waals surface area contributed by atoms with Crippen LogP contribution >= 0.6 is 0 Å². The smallest absolute Gasteiger partial charge is 0.309 e. The van der Waals surface area contributed by atoms with Crippen LogP contribution in [0.1, 0.15) is 162 Å². The number of aryl methyl sites for hydroxylation is 2. The normalized spacial score (nSPS) is 38.5. The van der Waals surface area contributed by atoms with Gasteiger partial charge in [-0.2, -0.15) is 0 Å². The lowest BCUT2D eigenvalue weighted by atomic mass is 9.33. The first-order chi connectivity index (χ1) is 27.7. The molecule has 11 heteroatoms. The zero-order valence-electron chi connectivity index (χ0n) is 38.9. The van der Waals surface area contributed by atoms with Crippen molar-refractivity contribution >= 4 is 23.6 Å². The monoisotopic (exact) mass is 834 g/mol. The van der Waals surface area contributed by atoms with E-state index >= 15 is 0 Å². The maximum Gasteiger partial charge on any atom is 0.309 e. The molecular formula is C49H75N3O8. The average molecular weight is 834 g/mol. The number of nitrogens with zero attached hydrogens (tertiary/aromatic N) is 1. The number of carbonyl (C=O) groups excluding carboxylic acids is 3. The third-order valence-electron chi connectivity index (χ3n) is 18.8. The molecule has 6 aliphatic carbocycles. The first-order valence-electron chi connectivity index (χ1n) is 23.0. The minimum atomic E-state index is -0.839. The second kappa shape index (κ2) is 14.8. The molecule has 6 aliphatic rings. The number of ether oxygens (including phenoxy) is 1. The molecule has 1 aromatic heterocycles. The van der Waals surface area contributed by atoms with Gasteiger partial charge in [0.1, 0.15) is 17.4 Å². The Labute approximate surface area is 358 Å². The van der Waals surface area contributed by atoms with Crippen molar-refractivity contribution in [3.63, 3.8) is 0 Å². The summed E-state index contributed by atoms with van der Waals surface area (Å²) in [5.74, 6) is -0.481. The van der Waals surface area contributed by atoms with Crippen LogP contribution in [-0.4, -0.2) is 69.8 Å². The van der Waals surface area contributed by atoms with Crippen molar-refractivity contribution in [1.29, 1.82) is 0 Å². The highest BCUT2D eigenvalue weighted by molar-refractivity contribution is 6.01. The molecule has 1 aromatic rings. The van der Waals surface area contributed by atoms with Crippen molar-refractivity contribution in [1.82, 2.24) is 15.8 Å². The number of nitrogens with one attached hydrogen (secondary N) is 2. The summed E-state index contributed by atoms with van der Waals surface area (Å²) >= 11 is 0. The molecule has 0 aliphatic heterocycles. The van der Waals surface area contributed by atoms with Crippen LogP contribution in [0.5, 0.6) is 0 Å². The Morgan fingerprint density at radius 3 is 2.18 bits per heavy atom. The lowest BCUT2D eigenvalue weighted by Crippen LogP contribution is -2.66. The van der Waals surface area contributed by atoms with Crippen LogP contribution in [0.2, 0.25) is 0 Å². The van der Waals surface area contributed by atoms with Gasteiger partial charge in [-0.3, -0.25) is 19.2 Å². The maximum atomic E-state index is 14.2. The molecule has 1 heterocycles. The first kappa shape index (κ1) is 45.0. The number of carboxylic acids is 1. The number of allylic oxidation sites excluding steroid dienone is 1. The number of amides is 1. The molecule has 60 heavy (non-hydrogen) atoms. The standard InChI is InChI=1S/C49H75N3O8/c1-26(2)37-32(53)23-49(35(54)24-50-25-43(5,6)51-40(55)38-27(3)52-60-28(38)4)21-20-47(12)29(39(37)49)14-15-34-46(11)18-17-36(45(9,10)33(46)16-19-48(34,47)13)59-42(58)31-22-30(41(56)57)44(31,7)8/h26,29-31,33-36,50,54H,14-25H2,1-13H3,(H,51,55)(H,56,57)/t29-,30+,31-,33+,34-,35+,36+,46+,47-,48-,49+/m1/s1. The van der Waals surface area contributed by atoms with E-state index in [-0.39, 0.29) is 57.3 Å². The largest absolute Gasteiger partial charge is 0.481 e. The van der Waals surface area contributed by atoms with Crippen LogP contribution in [-0.2, 0) is 19.1 Å². The number of ketones is 1. The number of Topliss-reactive ketones (excluding diaryl/α,β-unsaturated/α-hetero) is 1. The van der Waals surface area contributed by atoms with E-state index < -0.39 is 40.3 Å². The summed E-state index contributed by atoms with van der Waals surface area (Å²) in [5, 5.41) is 32.6. The van der Waals surface area contributed by atoms with Gasteiger partial charge < -0.3 is 30.1 Å². The van der Waals surface area contributed by atoms with Gasteiger partial charge in [0.2, 0.25) is 0 Å². The highest BCUT2D eigenvalue weighted by atomic mass is 16.5. The van der Waals surface area contributed by atoms with Crippen molar-refractivity contribution in [2.75, 3.05) is 13.1 Å². The number of aromatic nitrogens is 1. The molecule has 11 atom stereocenters. The van der Waals surface area contributed by atoms with Crippen molar-refractivity contribution in [2.24, 2.45) is 68.0 Å². The number of carbonyl (C=O) groups is 4. The van der Waals surface area contributed by atoms with Crippen molar-refractivity contribution < 1.29 is 38.7 Å². The Morgan fingerprint density at radius 2 is 1.58 bits per heavy atom. The minimum absolute atomic E-state index is 0.0160. The Morgan fingerprint density at radius 1 is 0.900 bits per heavy atom. The average Bonchev–Trinajstić information content (AvgIpc) is 3.63. The summed E-state index contributed by atoms with van der Waals surface area (Å²) in [6, 6.07) is 0. The minimum Gasteiger partial charge on any atom is -0.481 e. The van der Waals surface area contributed by atoms with Gasteiger partial charge in [0.15, 0.2) is 5.78 Å². The number of esters is 1. The van der Waals surface area contributed by atoms with Gasteiger partial charge in [0, 0.05) is 35.9 Å². The van der Waals surface area contributed by atoms with E-state index in [1.807, 2.05) is 27.7 Å². The number of aliphatic hydroxyl groups excluding tert-OH is 1. The number of hydrogen-bond donors (Lipinski definition) is 4. The zero-order chi connectivity index (χ0) is 44.3. The van der Waals surface area contributed by atoms with Crippen LogP contribution < -0.4 is 10.6 Å². The van der Waals surface area contributed by atoms with Crippen LogP contribution in [0.15, 0.2) is 15.7 Å². The van der Waals surface area contributed by atoms with Gasteiger partial charge in [0.05, 0.1) is 23.6 Å². The van der Waals surface area contributed by atoms with Crippen LogP contribution in [0.25, 0.3) is 0 Å². The molecule has 0 radical (unpaired) electrons. The molecule has 4 N–H and O–H groups in total. The number of aliphatic hydroxyl groups is 1. The fourth-order valence-electron chi connectivity index (χ4n) is 15.2. The highest BCUT2D eigenvalue weighted by Crippen LogP contribution is 2.77. The molecule has 0 aromatic carbocycles. The lowest BCUT2D eigenvalue weighted by molar-refractivity contribution is -0.238. The second-order valence-corrected chi connectivity index (χ2v) is 23.3. The summed E-state index contributed by atoms with van der Waals surface area (Å²) in [5.41, 5.74) is 1.08. The van der Waals surface area contributed by atoms with Crippen molar-refractivity contribution in [2.45, 2.75) is 172 Å². The Balaban J connectivity index is 1.09. The number of fused-ring (bicyclic) bond motifs is 7. The number of aliphatic carboxylic acids is 1. The SMILES string of the molecule is Cc1noc(C)c1C(=O)NC(C)(C)CNC[C@H](O)[C@@]12CC[C@]3(C)[C@H](CC[C@@H]4[C@@]5(C)CC[C@H](OC(=O)[C@H]6C[C@@H](C(=O)O)C6(C)C)C(C)(C)[C@@H]5CC[C@]43C)C1=C(C(C)C)C(=O)C2. The van der Waals surface area contributed by atoms with Gasteiger partial charge >= 0.3 is 11.9 Å². The van der Waals surface area contributed by atoms with E-state index in [1.165, 1.54) is 5.57 Å². The maximum absolute atomic E-state index is 14.2. The Bertz CT molecular complexity index is 1940. The topological polar surface area (TPSA) is 168 Å². The van der Waals surface area contributed by atoms with Crippen molar-refractivity contribution in [3.05, 3.63) is 28.2 Å². The molecule has 0 unspecified atom stereocenters. The zero-order valence-corrected chi connectivity index (χ0v) is 38.9.